The molecule has 1 aliphatic heterocycles. The van der Waals surface area contributed by atoms with Crippen LogP contribution in [0.25, 0.3) is 0 Å². The molecule has 21 heavy (non-hydrogen) atoms. The normalized spacial score (nSPS) is 23.8. The van der Waals surface area contributed by atoms with Crippen LogP contribution in [0.5, 0.6) is 0 Å². The number of amides is 1. The maximum Gasteiger partial charge on any atom is 0.226 e. The fourth-order valence-electron chi connectivity index (χ4n) is 3.24. The number of fused-ring (bicyclic) bond motifs is 1. The number of rotatable bonds is 2. The van der Waals surface area contributed by atoms with E-state index >= 15 is 0 Å². The van der Waals surface area contributed by atoms with Crippen molar-refractivity contribution in [2.24, 2.45) is 5.92 Å². The summed E-state index contributed by atoms with van der Waals surface area (Å²) < 4.78 is 0. The second-order valence-electron chi connectivity index (χ2n) is 5.88. The average Bonchev–Trinajstić information content (AvgIpc) is 3.16. The van der Waals surface area contributed by atoms with Crippen LogP contribution in [0, 0.1) is 5.92 Å². The zero-order valence-corrected chi connectivity index (χ0v) is 13.2. The monoisotopic (exact) mass is 317 g/mol. The molecule has 1 saturated carbocycles. The smallest absolute Gasteiger partial charge is 0.226 e. The first-order chi connectivity index (χ1) is 10.2. The molecule has 1 aliphatic carbocycles. The molecule has 4 rings (SSSR count). The van der Waals surface area contributed by atoms with Crippen LogP contribution in [-0.2, 0) is 17.8 Å². The van der Waals surface area contributed by atoms with Gasteiger partial charge >= 0.3 is 0 Å². The van der Waals surface area contributed by atoms with Crippen LogP contribution >= 0.6 is 22.9 Å². The number of carbonyl (C=O) groups excluding carboxylic acids is 1. The molecule has 0 saturated heterocycles. The van der Waals surface area contributed by atoms with Crippen LogP contribution in [0.4, 0.5) is 0 Å². The van der Waals surface area contributed by atoms with E-state index in [1.807, 2.05) is 34.4 Å². The van der Waals surface area contributed by atoms with Gasteiger partial charge in [-0.25, -0.2) is 0 Å². The lowest BCUT2D eigenvalue weighted by Gasteiger charge is -2.27. The van der Waals surface area contributed by atoms with Gasteiger partial charge in [0.05, 0.1) is 0 Å². The maximum atomic E-state index is 12.7. The van der Waals surface area contributed by atoms with Crippen LogP contribution in [0.15, 0.2) is 35.7 Å². The molecule has 0 unspecified atom stereocenters. The summed E-state index contributed by atoms with van der Waals surface area (Å²) in [5.74, 6) is 0.834. The summed E-state index contributed by atoms with van der Waals surface area (Å²) in [6.07, 6.45) is 1.97. The summed E-state index contributed by atoms with van der Waals surface area (Å²) in [5, 5.41) is 2.89. The Morgan fingerprint density at radius 3 is 3.10 bits per heavy atom. The van der Waals surface area contributed by atoms with Gasteiger partial charge < -0.3 is 4.90 Å². The summed E-state index contributed by atoms with van der Waals surface area (Å²) in [7, 11) is 0. The fraction of sp³-hybridized carbons (Fsp3) is 0.353. The van der Waals surface area contributed by atoms with Crippen molar-refractivity contribution in [1.82, 2.24) is 4.90 Å². The van der Waals surface area contributed by atoms with Gasteiger partial charge in [0, 0.05) is 28.9 Å². The third kappa shape index (κ3) is 2.49. The molecule has 0 radical (unpaired) electrons. The van der Waals surface area contributed by atoms with Gasteiger partial charge in [0.2, 0.25) is 5.91 Å². The summed E-state index contributed by atoms with van der Waals surface area (Å²) in [6.45, 7) is 1.65. The highest BCUT2D eigenvalue weighted by molar-refractivity contribution is 7.10. The SMILES string of the molecule is O=C([C@@H]1C[C@@H]1c1cccc(Cl)c1)N1CCc2sccc2C1. The van der Waals surface area contributed by atoms with Crippen molar-refractivity contribution >= 4 is 28.8 Å². The molecule has 2 atom stereocenters. The lowest BCUT2D eigenvalue weighted by atomic mass is 10.1. The molecule has 4 heteroatoms. The Morgan fingerprint density at radius 1 is 1.33 bits per heavy atom. The highest BCUT2D eigenvalue weighted by Gasteiger charge is 2.46. The van der Waals surface area contributed by atoms with Crippen molar-refractivity contribution in [3.8, 4) is 0 Å². The van der Waals surface area contributed by atoms with E-state index in [0.717, 1.165) is 31.0 Å². The van der Waals surface area contributed by atoms with Crippen LogP contribution in [0.3, 0.4) is 0 Å². The zero-order chi connectivity index (χ0) is 14.4. The Labute approximate surface area is 133 Å². The van der Waals surface area contributed by atoms with E-state index in [4.69, 9.17) is 11.6 Å². The van der Waals surface area contributed by atoms with E-state index in [-0.39, 0.29) is 5.92 Å². The fourth-order valence-corrected chi connectivity index (χ4v) is 4.33. The second kappa shape index (κ2) is 5.15. The first-order valence-corrected chi connectivity index (χ1v) is 8.57. The van der Waals surface area contributed by atoms with Gasteiger partial charge in [-0.15, -0.1) is 11.3 Å². The van der Waals surface area contributed by atoms with E-state index in [0.29, 0.717) is 11.8 Å². The third-order valence-electron chi connectivity index (χ3n) is 4.50. The van der Waals surface area contributed by atoms with Crippen LogP contribution in [0.1, 0.15) is 28.3 Å². The van der Waals surface area contributed by atoms with E-state index in [1.165, 1.54) is 16.0 Å². The lowest BCUT2D eigenvalue weighted by molar-refractivity contribution is -0.133. The van der Waals surface area contributed by atoms with Gasteiger partial charge in [-0.05, 0) is 53.5 Å². The van der Waals surface area contributed by atoms with Gasteiger partial charge in [-0.1, -0.05) is 23.7 Å². The quantitative estimate of drug-likeness (QED) is 0.817. The molecule has 1 fully saturated rings. The summed E-state index contributed by atoms with van der Waals surface area (Å²) in [5.41, 5.74) is 2.54. The molecule has 2 aliphatic rings. The van der Waals surface area contributed by atoms with E-state index in [9.17, 15) is 4.79 Å². The zero-order valence-electron chi connectivity index (χ0n) is 11.6. The van der Waals surface area contributed by atoms with Gasteiger partial charge in [0.25, 0.3) is 0 Å². The molecule has 2 aromatic rings. The highest BCUT2D eigenvalue weighted by Crippen LogP contribution is 2.49. The molecular formula is C17H16ClNOS. The van der Waals surface area contributed by atoms with Gasteiger partial charge in [0.1, 0.15) is 0 Å². The number of carbonyl (C=O) groups is 1. The van der Waals surface area contributed by atoms with E-state index < -0.39 is 0 Å². The molecule has 2 nitrogen and oxygen atoms in total. The molecule has 1 amide bonds. The van der Waals surface area contributed by atoms with Crippen molar-refractivity contribution in [1.29, 1.82) is 0 Å². The molecule has 0 N–H and O–H groups in total. The minimum absolute atomic E-state index is 0.156. The topological polar surface area (TPSA) is 20.3 Å². The molecule has 1 aromatic heterocycles. The number of thiophene rings is 1. The van der Waals surface area contributed by atoms with Crippen molar-refractivity contribution in [2.45, 2.75) is 25.3 Å². The van der Waals surface area contributed by atoms with Crippen molar-refractivity contribution in [2.75, 3.05) is 6.54 Å². The van der Waals surface area contributed by atoms with Crippen LogP contribution < -0.4 is 0 Å². The van der Waals surface area contributed by atoms with Gasteiger partial charge in [-0.3, -0.25) is 4.79 Å². The summed E-state index contributed by atoms with van der Waals surface area (Å²) in [6, 6.07) is 10.1. The number of halogens is 1. The first-order valence-electron chi connectivity index (χ1n) is 7.32. The Kier molecular flexibility index (Phi) is 3.27. The molecule has 108 valence electrons. The molecule has 2 heterocycles. The number of hydrogen-bond donors (Lipinski definition) is 0. The van der Waals surface area contributed by atoms with Crippen molar-refractivity contribution in [3.05, 3.63) is 56.7 Å². The number of nitrogens with zero attached hydrogens (tertiary/aromatic N) is 1. The average molecular weight is 318 g/mol. The predicted molar refractivity (Wildman–Crippen MR) is 85.7 cm³/mol. The van der Waals surface area contributed by atoms with E-state index in [1.54, 1.807) is 0 Å². The molecule has 1 aromatic carbocycles. The second-order valence-corrected chi connectivity index (χ2v) is 7.32. The maximum absolute atomic E-state index is 12.7. The van der Waals surface area contributed by atoms with Crippen LogP contribution in [-0.4, -0.2) is 17.4 Å². The van der Waals surface area contributed by atoms with Crippen LogP contribution in [0.2, 0.25) is 5.02 Å². The summed E-state index contributed by atoms with van der Waals surface area (Å²) in [4.78, 5) is 16.1. The molecule has 0 spiro atoms. The minimum atomic E-state index is 0.156. The minimum Gasteiger partial charge on any atom is -0.338 e. The molecule has 0 bridgehead atoms. The Hall–Kier alpha value is -1.32. The molecular weight excluding hydrogens is 302 g/mol. The predicted octanol–water partition coefficient (Wildman–Crippen LogP) is 4.09. The third-order valence-corrected chi connectivity index (χ3v) is 5.76. The standard InChI is InChI=1S/C17H16ClNOS/c18-13-3-1-2-11(8-13)14-9-15(14)17(20)19-6-4-16-12(10-19)5-7-21-16/h1-3,5,7-8,14-15H,4,6,9-10H2/t14-,15-/m1/s1. The van der Waals surface area contributed by atoms with Crippen molar-refractivity contribution in [3.63, 3.8) is 0 Å². The Balaban J connectivity index is 1.46. The highest BCUT2D eigenvalue weighted by atomic mass is 35.5. The number of hydrogen-bond acceptors (Lipinski definition) is 2. The first kappa shape index (κ1) is 13.4. The summed E-state index contributed by atoms with van der Waals surface area (Å²) >= 11 is 7.85. The Bertz CT molecular complexity index is 696. The largest absolute Gasteiger partial charge is 0.338 e. The lowest BCUT2D eigenvalue weighted by Crippen LogP contribution is -2.36. The Morgan fingerprint density at radius 2 is 2.24 bits per heavy atom. The van der Waals surface area contributed by atoms with Gasteiger partial charge in [-0.2, -0.15) is 0 Å². The van der Waals surface area contributed by atoms with E-state index in [2.05, 4.69) is 17.5 Å². The van der Waals surface area contributed by atoms with Gasteiger partial charge in [0.15, 0.2) is 0 Å². The number of benzene rings is 1. The van der Waals surface area contributed by atoms with Crippen molar-refractivity contribution < 1.29 is 4.79 Å².